The second-order valence-corrected chi connectivity index (χ2v) is 5.26. The molecular weight excluding hydrogens is 380 g/mol. The van der Waals surface area contributed by atoms with E-state index in [1.807, 2.05) is 0 Å². The maximum Gasteiger partial charge on any atom is 0.321 e. The van der Waals surface area contributed by atoms with Crippen molar-refractivity contribution in [2.45, 2.75) is 6.61 Å². The zero-order valence-corrected chi connectivity index (χ0v) is 13.1. The average molecular weight is 390 g/mol. The van der Waals surface area contributed by atoms with Crippen LogP contribution in [0.4, 0.5) is 0 Å². The van der Waals surface area contributed by atoms with Crippen molar-refractivity contribution in [2.24, 2.45) is 0 Å². The number of rotatable bonds is 4. The van der Waals surface area contributed by atoms with Gasteiger partial charge in [-0.3, -0.25) is 0 Å². The standard InChI is InChI=1S/C12H10Br2N2O3/c1-18-10-2-9(14)11(3-8(10)13)19-12-15-4-7(6-17)5-16-12/h2-5,17H,6H2,1H3. The molecule has 0 saturated heterocycles. The molecule has 0 aliphatic rings. The van der Waals surface area contributed by atoms with Crippen molar-refractivity contribution < 1.29 is 14.6 Å². The van der Waals surface area contributed by atoms with E-state index in [0.717, 1.165) is 8.95 Å². The lowest BCUT2D eigenvalue weighted by Crippen LogP contribution is -1.95. The first-order valence-electron chi connectivity index (χ1n) is 5.26. The van der Waals surface area contributed by atoms with E-state index in [1.54, 1.807) is 19.2 Å². The molecule has 0 atom stereocenters. The second-order valence-electron chi connectivity index (χ2n) is 3.55. The van der Waals surface area contributed by atoms with Gasteiger partial charge in [0.2, 0.25) is 0 Å². The van der Waals surface area contributed by atoms with Crippen LogP contribution in [0.2, 0.25) is 0 Å². The fraction of sp³-hybridized carbons (Fsp3) is 0.167. The van der Waals surface area contributed by atoms with Crippen molar-refractivity contribution >= 4 is 31.9 Å². The van der Waals surface area contributed by atoms with E-state index < -0.39 is 0 Å². The minimum absolute atomic E-state index is 0.0991. The highest BCUT2D eigenvalue weighted by Crippen LogP contribution is 2.37. The minimum Gasteiger partial charge on any atom is -0.496 e. The lowest BCUT2D eigenvalue weighted by molar-refractivity contribution is 0.280. The van der Waals surface area contributed by atoms with Gasteiger partial charge in [0.25, 0.3) is 0 Å². The summed E-state index contributed by atoms with van der Waals surface area (Å²) in [6.45, 7) is -0.0991. The summed E-state index contributed by atoms with van der Waals surface area (Å²) in [6.07, 6.45) is 3.02. The summed E-state index contributed by atoms with van der Waals surface area (Å²) in [5.41, 5.74) is 0.627. The quantitative estimate of drug-likeness (QED) is 0.869. The molecule has 0 aliphatic carbocycles. The summed E-state index contributed by atoms with van der Waals surface area (Å²) in [4.78, 5) is 7.99. The van der Waals surface area contributed by atoms with Gasteiger partial charge in [0.15, 0.2) is 0 Å². The third-order valence-corrected chi connectivity index (χ3v) is 3.51. The van der Waals surface area contributed by atoms with Gasteiger partial charge in [0, 0.05) is 24.0 Å². The number of nitrogens with zero attached hydrogens (tertiary/aromatic N) is 2. The van der Waals surface area contributed by atoms with E-state index in [0.29, 0.717) is 17.1 Å². The van der Waals surface area contributed by atoms with Crippen molar-refractivity contribution in [3.8, 4) is 17.5 Å². The third kappa shape index (κ3) is 3.43. The zero-order valence-electron chi connectivity index (χ0n) is 9.93. The molecule has 1 heterocycles. The summed E-state index contributed by atoms with van der Waals surface area (Å²) in [6, 6.07) is 3.74. The van der Waals surface area contributed by atoms with E-state index in [-0.39, 0.29) is 12.6 Å². The fourth-order valence-corrected chi connectivity index (χ4v) is 2.21. The molecule has 5 nitrogen and oxygen atoms in total. The number of benzene rings is 1. The van der Waals surface area contributed by atoms with E-state index in [2.05, 4.69) is 41.8 Å². The Morgan fingerprint density at radius 3 is 2.26 bits per heavy atom. The number of aliphatic hydroxyl groups is 1. The van der Waals surface area contributed by atoms with Crippen molar-refractivity contribution in [3.05, 3.63) is 39.0 Å². The van der Waals surface area contributed by atoms with Gasteiger partial charge >= 0.3 is 6.01 Å². The van der Waals surface area contributed by atoms with Gasteiger partial charge in [-0.25, -0.2) is 9.97 Å². The predicted octanol–water partition coefficient (Wildman–Crippen LogP) is 3.29. The number of hydrogen-bond donors (Lipinski definition) is 1. The zero-order chi connectivity index (χ0) is 13.8. The lowest BCUT2D eigenvalue weighted by Gasteiger charge is -2.09. The van der Waals surface area contributed by atoms with Gasteiger partial charge < -0.3 is 14.6 Å². The van der Waals surface area contributed by atoms with Crippen LogP contribution in [0, 0.1) is 0 Å². The van der Waals surface area contributed by atoms with Crippen LogP contribution in [0.3, 0.4) is 0 Å². The molecular formula is C12H10Br2N2O3. The molecule has 0 aliphatic heterocycles. The molecule has 1 N–H and O–H groups in total. The first-order chi connectivity index (χ1) is 9.13. The van der Waals surface area contributed by atoms with Gasteiger partial charge in [-0.2, -0.15) is 0 Å². The molecule has 7 heteroatoms. The summed E-state index contributed by atoms with van der Waals surface area (Å²) in [5, 5.41) is 8.91. The fourth-order valence-electron chi connectivity index (χ4n) is 1.32. The molecule has 100 valence electrons. The Balaban J connectivity index is 2.25. The predicted molar refractivity (Wildman–Crippen MR) is 76.4 cm³/mol. The Morgan fingerprint density at radius 1 is 1.11 bits per heavy atom. The Labute approximate surface area is 126 Å². The Kier molecular flexibility index (Phi) is 4.73. The molecule has 0 saturated carbocycles. The molecule has 0 amide bonds. The highest BCUT2D eigenvalue weighted by atomic mass is 79.9. The van der Waals surface area contributed by atoms with Gasteiger partial charge in [-0.1, -0.05) is 0 Å². The van der Waals surface area contributed by atoms with E-state index in [1.165, 1.54) is 12.4 Å². The molecule has 2 aromatic rings. The molecule has 0 unspecified atom stereocenters. The highest BCUT2D eigenvalue weighted by Gasteiger charge is 2.10. The summed E-state index contributed by atoms with van der Waals surface area (Å²) in [7, 11) is 1.59. The Hall–Kier alpha value is -1.18. The van der Waals surface area contributed by atoms with Crippen LogP contribution in [0.15, 0.2) is 33.5 Å². The number of methoxy groups -OCH3 is 1. The van der Waals surface area contributed by atoms with Crippen LogP contribution in [0.5, 0.6) is 17.5 Å². The molecule has 1 aromatic heterocycles. The van der Waals surface area contributed by atoms with E-state index in [4.69, 9.17) is 14.6 Å². The SMILES string of the molecule is COc1cc(Br)c(Oc2ncc(CO)cn2)cc1Br. The molecule has 0 bridgehead atoms. The summed E-state index contributed by atoms with van der Waals surface area (Å²) in [5.74, 6) is 1.25. The van der Waals surface area contributed by atoms with Gasteiger partial charge in [0.1, 0.15) is 11.5 Å². The highest BCUT2D eigenvalue weighted by molar-refractivity contribution is 9.11. The molecule has 0 spiro atoms. The van der Waals surface area contributed by atoms with E-state index in [9.17, 15) is 0 Å². The first-order valence-corrected chi connectivity index (χ1v) is 6.85. The van der Waals surface area contributed by atoms with Crippen LogP contribution in [0.25, 0.3) is 0 Å². The van der Waals surface area contributed by atoms with Crippen molar-refractivity contribution in [2.75, 3.05) is 7.11 Å². The van der Waals surface area contributed by atoms with Crippen molar-refractivity contribution in [1.82, 2.24) is 9.97 Å². The Morgan fingerprint density at radius 2 is 1.68 bits per heavy atom. The summed E-state index contributed by atoms with van der Waals surface area (Å²) < 4.78 is 12.2. The van der Waals surface area contributed by atoms with Crippen molar-refractivity contribution in [1.29, 1.82) is 0 Å². The normalized spacial score (nSPS) is 10.3. The summed E-state index contributed by atoms with van der Waals surface area (Å²) >= 11 is 6.76. The van der Waals surface area contributed by atoms with Crippen LogP contribution < -0.4 is 9.47 Å². The largest absolute Gasteiger partial charge is 0.496 e. The van der Waals surface area contributed by atoms with Crippen molar-refractivity contribution in [3.63, 3.8) is 0 Å². The van der Waals surface area contributed by atoms with Crippen LogP contribution in [0.1, 0.15) is 5.56 Å². The van der Waals surface area contributed by atoms with Crippen LogP contribution in [-0.2, 0) is 6.61 Å². The molecule has 19 heavy (non-hydrogen) atoms. The van der Waals surface area contributed by atoms with Gasteiger partial charge in [-0.05, 0) is 37.9 Å². The maximum absolute atomic E-state index is 8.91. The number of hydrogen-bond acceptors (Lipinski definition) is 5. The lowest BCUT2D eigenvalue weighted by atomic mass is 10.3. The van der Waals surface area contributed by atoms with Gasteiger partial charge in [0.05, 0.1) is 22.7 Å². The number of halogens is 2. The minimum atomic E-state index is -0.0991. The van der Waals surface area contributed by atoms with Gasteiger partial charge in [-0.15, -0.1) is 0 Å². The topological polar surface area (TPSA) is 64.5 Å². The number of aliphatic hydroxyl groups excluding tert-OH is 1. The smallest absolute Gasteiger partial charge is 0.321 e. The first kappa shape index (κ1) is 14.2. The van der Waals surface area contributed by atoms with Crippen LogP contribution in [-0.4, -0.2) is 22.2 Å². The molecule has 0 radical (unpaired) electrons. The monoisotopic (exact) mass is 388 g/mol. The molecule has 1 aromatic carbocycles. The van der Waals surface area contributed by atoms with E-state index >= 15 is 0 Å². The van der Waals surface area contributed by atoms with Crippen LogP contribution >= 0.6 is 31.9 Å². The molecule has 2 rings (SSSR count). The molecule has 0 fully saturated rings. The average Bonchev–Trinajstić information content (AvgIpc) is 2.43. The number of ether oxygens (including phenoxy) is 2. The number of aromatic nitrogens is 2. The third-order valence-electron chi connectivity index (χ3n) is 2.27. The Bertz CT molecular complexity index is 576. The second kappa shape index (κ2) is 6.31. The maximum atomic E-state index is 8.91.